The van der Waals surface area contributed by atoms with Gasteiger partial charge in [0.15, 0.2) is 0 Å². The van der Waals surface area contributed by atoms with Crippen molar-refractivity contribution < 1.29 is 5.11 Å². The van der Waals surface area contributed by atoms with E-state index in [-0.39, 0.29) is 6.10 Å². The molecular weight excluding hydrogens is 234 g/mol. The van der Waals surface area contributed by atoms with Crippen molar-refractivity contribution in [1.82, 2.24) is 4.57 Å². The van der Waals surface area contributed by atoms with Crippen molar-refractivity contribution in [2.24, 2.45) is 5.92 Å². The molecule has 19 heavy (non-hydrogen) atoms. The van der Waals surface area contributed by atoms with E-state index in [4.69, 9.17) is 0 Å². The summed E-state index contributed by atoms with van der Waals surface area (Å²) in [6, 6.07) is 2.93. The average Bonchev–Trinajstić information content (AvgIpc) is 2.77. The number of aliphatic hydroxyl groups excluding tert-OH is 1. The Labute approximate surface area is 116 Å². The van der Waals surface area contributed by atoms with Gasteiger partial charge in [-0.15, -0.1) is 0 Å². The molecule has 1 atom stereocenters. The van der Waals surface area contributed by atoms with Crippen LogP contribution in [0.4, 0.5) is 0 Å². The van der Waals surface area contributed by atoms with Gasteiger partial charge in [0.05, 0.1) is 6.10 Å². The lowest BCUT2D eigenvalue weighted by atomic mass is 9.84. The first kappa shape index (κ1) is 13.2. The highest BCUT2D eigenvalue weighted by Gasteiger charge is 2.28. The first-order valence-electron chi connectivity index (χ1n) is 8.09. The summed E-state index contributed by atoms with van der Waals surface area (Å²) >= 11 is 0. The molecule has 1 fully saturated rings. The van der Waals surface area contributed by atoms with E-state index in [0.29, 0.717) is 6.04 Å². The lowest BCUT2D eigenvalue weighted by molar-refractivity contribution is 0.154. The molecular formula is C17H27NO. The maximum absolute atomic E-state index is 10.2. The van der Waals surface area contributed by atoms with Crippen molar-refractivity contribution in [3.63, 3.8) is 0 Å². The molecule has 0 aromatic carbocycles. The molecule has 0 radical (unpaired) electrons. The topological polar surface area (TPSA) is 25.2 Å². The van der Waals surface area contributed by atoms with Crippen LogP contribution in [0, 0.1) is 12.8 Å². The molecule has 106 valence electrons. The Bertz CT molecular complexity index is 440. The standard InChI is InChI=1S/C17H27NO/c1-3-13-7-9-14(10-8-13)18-12(2)11-15-16(18)5-4-6-17(15)19/h11,13-14,17,19H,3-10H2,1-2H3. The maximum atomic E-state index is 10.2. The molecule has 2 nitrogen and oxygen atoms in total. The zero-order chi connectivity index (χ0) is 13.4. The molecule has 1 aromatic heterocycles. The Morgan fingerprint density at radius 1 is 1.21 bits per heavy atom. The lowest BCUT2D eigenvalue weighted by Crippen LogP contribution is -2.21. The Balaban J connectivity index is 1.85. The second-order valence-corrected chi connectivity index (χ2v) is 6.55. The minimum absolute atomic E-state index is 0.212. The van der Waals surface area contributed by atoms with Gasteiger partial charge in [-0.1, -0.05) is 13.3 Å². The minimum atomic E-state index is -0.212. The third kappa shape index (κ3) is 2.35. The second-order valence-electron chi connectivity index (χ2n) is 6.55. The number of rotatable bonds is 2. The average molecular weight is 261 g/mol. The molecule has 0 spiro atoms. The van der Waals surface area contributed by atoms with Gasteiger partial charge >= 0.3 is 0 Å². The van der Waals surface area contributed by atoms with Crippen LogP contribution < -0.4 is 0 Å². The van der Waals surface area contributed by atoms with Crippen molar-refractivity contribution in [2.75, 3.05) is 0 Å². The Hall–Kier alpha value is -0.760. The molecule has 1 heterocycles. The summed E-state index contributed by atoms with van der Waals surface area (Å²) in [7, 11) is 0. The van der Waals surface area contributed by atoms with Crippen molar-refractivity contribution in [2.45, 2.75) is 77.4 Å². The smallest absolute Gasteiger partial charge is 0.0807 e. The van der Waals surface area contributed by atoms with Crippen molar-refractivity contribution in [3.8, 4) is 0 Å². The molecule has 1 saturated carbocycles. The van der Waals surface area contributed by atoms with Crippen LogP contribution in [0.1, 0.15) is 81.0 Å². The van der Waals surface area contributed by atoms with E-state index in [2.05, 4.69) is 24.5 Å². The van der Waals surface area contributed by atoms with Gasteiger partial charge in [0.2, 0.25) is 0 Å². The number of aliphatic hydroxyl groups is 1. The molecule has 0 bridgehead atoms. The van der Waals surface area contributed by atoms with E-state index in [1.807, 2.05) is 0 Å². The number of aryl methyl sites for hydroxylation is 1. The van der Waals surface area contributed by atoms with Crippen molar-refractivity contribution in [1.29, 1.82) is 0 Å². The Morgan fingerprint density at radius 2 is 1.95 bits per heavy atom. The van der Waals surface area contributed by atoms with E-state index >= 15 is 0 Å². The summed E-state index contributed by atoms with van der Waals surface area (Å²) in [5.74, 6) is 0.952. The fourth-order valence-electron chi connectivity index (χ4n) is 4.22. The van der Waals surface area contributed by atoms with Gasteiger partial charge in [-0.3, -0.25) is 0 Å². The van der Waals surface area contributed by atoms with Gasteiger partial charge in [0.25, 0.3) is 0 Å². The SMILES string of the molecule is CCC1CCC(n2c(C)cc3c2CCCC3O)CC1. The highest BCUT2D eigenvalue weighted by Crippen LogP contribution is 2.39. The number of hydrogen-bond acceptors (Lipinski definition) is 1. The monoisotopic (exact) mass is 261 g/mol. The molecule has 1 N–H and O–H groups in total. The normalized spacial score (nSPS) is 31.2. The van der Waals surface area contributed by atoms with Crippen LogP contribution >= 0.6 is 0 Å². The number of aromatic nitrogens is 1. The lowest BCUT2D eigenvalue weighted by Gasteiger charge is -2.32. The number of nitrogens with zero attached hydrogens (tertiary/aromatic N) is 1. The zero-order valence-corrected chi connectivity index (χ0v) is 12.4. The third-order valence-corrected chi connectivity index (χ3v) is 5.38. The summed E-state index contributed by atoms with van der Waals surface area (Å²) in [5.41, 5.74) is 4.03. The van der Waals surface area contributed by atoms with Crippen LogP contribution in [0.2, 0.25) is 0 Å². The molecule has 2 heteroatoms. The molecule has 0 saturated heterocycles. The van der Waals surface area contributed by atoms with Gasteiger partial charge in [-0.25, -0.2) is 0 Å². The van der Waals surface area contributed by atoms with Gasteiger partial charge in [-0.05, 0) is 63.9 Å². The van der Waals surface area contributed by atoms with E-state index in [1.165, 1.54) is 49.1 Å². The number of fused-ring (bicyclic) bond motifs is 1. The highest BCUT2D eigenvalue weighted by atomic mass is 16.3. The fraction of sp³-hybridized carbons (Fsp3) is 0.765. The summed E-state index contributed by atoms with van der Waals surface area (Å²) in [5, 5.41) is 10.2. The molecule has 0 amide bonds. The van der Waals surface area contributed by atoms with Crippen LogP contribution in [-0.2, 0) is 6.42 Å². The molecule has 0 aliphatic heterocycles. The highest BCUT2D eigenvalue weighted by molar-refractivity contribution is 5.32. The number of hydrogen-bond donors (Lipinski definition) is 1. The Kier molecular flexibility index (Phi) is 3.70. The zero-order valence-electron chi connectivity index (χ0n) is 12.4. The molecule has 1 aromatic rings. The maximum Gasteiger partial charge on any atom is 0.0807 e. The van der Waals surface area contributed by atoms with Crippen molar-refractivity contribution in [3.05, 3.63) is 23.0 Å². The van der Waals surface area contributed by atoms with Crippen LogP contribution in [0.25, 0.3) is 0 Å². The minimum Gasteiger partial charge on any atom is -0.388 e. The van der Waals surface area contributed by atoms with E-state index in [1.54, 1.807) is 0 Å². The first-order chi connectivity index (χ1) is 9.20. The van der Waals surface area contributed by atoms with Crippen molar-refractivity contribution >= 4 is 0 Å². The Morgan fingerprint density at radius 3 is 2.63 bits per heavy atom. The van der Waals surface area contributed by atoms with E-state index in [0.717, 1.165) is 25.2 Å². The predicted molar refractivity (Wildman–Crippen MR) is 78.4 cm³/mol. The van der Waals surface area contributed by atoms with Crippen LogP contribution in [0.3, 0.4) is 0 Å². The first-order valence-corrected chi connectivity index (χ1v) is 8.09. The van der Waals surface area contributed by atoms with E-state index in [9.17, 15) is 5.11 Å². The molecule has 1 unspecified atom stereocenters. The van der Waals surface area contributed by atoms with Crippen LogP contribution in [0.5, 0.6) is 0 Å². The largest absolute Gasteiger partial charge is 0.388 e. The summed E-state index contributed by atoms with van der Waals surface area (Å²) in [6.45, 7) is 4.54. The van der Waals surface area contributed by atoms with Gasteiger partial charge in [-0.2, -0.15) is 0 Å². The van der Waals surface area contributed by atoms with Gasteiger partial charge in [0.1, 0.15) is 0 Å². The summed E-state index contributed by atoms with van der Waals surface area (Å²) in [4.78, 5) is 0. The second kappa shape index (κ2) is 5.32. The fourth-order valence-corrected chi connectivity index (χ4v) is 4.22. The van der Waals surface area contributed by atoms with Crippen LogP contribution in [0.15, 0.2) is 6.07 Å². The van der Waals surface area contributed by atoms with Gasteiger partial charge in [0, 0.05) is 23.0 Å². The molecule has 3 rings (SSSR count). The molecule has 2 aliphatic rings. The molecule has 2 aliphatic carbocycles. The third-order valence-electron chi connectivity index (χ3n) is 5.38. The van der Waals surface area contributed by atoms with E-state index < -0.39 is 0 Å². The summed E-state index contributed by atoms with van der Waals surface area (Å²) in [6.07, 6.45) is 9.80. The van der Waals surface area contributed by atoms with Gasteiger partial charge < -0.3 is 9.67 Å². The quantitative estimate of drug-likeness (QED) is 0.843. The summed E-state index contributed by atoms with van der Waals surface area (Å²) < 4.78 is 2.57. The predicted octanol–water partition coefficient (Wildman–Crippen LogP) is 4.31. The van der Waals surface area contributed by atoms with Crippen LogP contribution in [-0.4, -0.2) is 9.67 Å².